The molecular weight excluding hydrogens is 283 g/mol. The van der Waals surface area contributed by atoms with Gasteiger partial charge < -0.3 is 5.11 Å². The Morgan fingerprint density at radius 3 is 2.38 bits per heavy atom. The SMILES string of the molecule is Cc1ccc(C(F)(F)F)c(-c2cc(C(=O)O)cc(C)n2)c1. The van der Waals surface area contributed by atoms with Crippen LogP contribution in [0, 0.1) is 13.8 Å². The van der Waals surface area contributed by atoms with E-state index in [0.29, 0.717) is 11.3 Å². The predicted molar refractivity (Wildman–Crippen MR) is 71.1 cm³/mol. The van der Waals surface area contributed by atoms with Gasteiger partial charge in [0.1, 0.15) is 0 Å². The summed E-state index contributed by atoms with van der Waals surface area (Å²) < 4.78 is 39.2. The number of halogens is 3. The Kier molecular flexibility index (Phi) is 3.72. The minimum Gasteiger partial charge on any atom is -0.478 e. The molecule has 0 bridgehead atoms. The van der Waals surface area contributed by atoms with Crippen LogP contribution >= 0.6 is 0 Å². The molecule has 0 aliphatic rings. The molecule has 0 unspecified atom stereocenters. The molecule has 2 aromatic rings. The third-order valence-electron chi connectivity index (χ3n) is 2.96. The molecule has 0 aliphatic heterocycles. The number of aromatic carboxylic acids is 1. The van der Waals surface area contributed by atoms with Crippen LogP contribution in [0.15, 0.2) is 30.3 Å². The second-order valence-corrected chi connectivity index (χ2v) is 4.73. The minimum atomic E-state index is -4.53. The van der Waals surface area contributed by atoms with Gasteiger partial charge in [0.25, 0.3) is 0 Å². The third kappa shape index (κ3) is 3.21. The summed E-state index contributed by atoms with van der Waals surface area (Å²) in [5, 5.41) is 9.01. The monoisotopic (exact) mass is 295 g/mol. The zero-order chi connectivity index (χ0) is 15.8. The molecule has 1 aromatic heterocycles. The Labute approximate surface area is 119 Å². The van der Waals surface area contributed by atoms with E-state index in [-0.39, 0.29) is 16.8 Å². The fourth-order valence-electron chi connectivity index (χ4n) is 2.05. The van der Waals surface area contributed by atoms with Crippen LogP contribution < -0.4 is 0 Å². The summed E-state index contributed by atoms with van der Waals surface area (Å²) >= 11 is 0. The van der Waals surface area contributed by atoms with Crippen molar-refractivity contribution in [1.82, 2.24) is 4.98 Å². The van der Waals surface area contributed by atoms with Gasteiger partial charge in [-0.3, -0.25) is 4.98 Å². The largest absolute Gasteiger partial charge is 0.478 e. The highest BCUT2D eigenvalue weighted by atomic mass is 19.4. The molecule has 0 saturated carbocycles. The van der Waals surface area contributed by atoms with Crippen LogP contribution in [0.5, 0.6) is 0 Å². The van der Waals surface area contributed by atoms with Gasteiger partial charge in [-0.2, -0.15) is 13.2 Å². The fourth-order valence-corrected chi connectivity index (χ4v) is 2.05. The summed E-state index contributed by atoms with van der Waals surface area (Å²) in [5.41, 5.74) is -0.0514. The Morgan fingerprint density at radius 2 is 1.81 bits per heavy atom. The zero-order valence-electron chi connectivity index (χ0n) is 11.3. The zero-order valence-corrected chi connectivity index (χ0v) is 11.3. The molecule has 0 saturated heterocycles. The molecule has 0 fully saturated rings. The van der Waals surface area contributed by atoms with Gasteiger partial charge in [-0.15, -0.1) is 0 Å². The number of benzene rings is 1. The first-order chi connectivity index (χ1) is 9.68. The first kappa shape index (κ1) is 15.0. The van der Waals surface area contributed by atoms with Crippen molar-refractivity contribution >= 4 is 5.97 Å². The summed E-state index contributed by atoms with van der Waals surface area (Å²) in [4.78, 5) is 15.1. The predicted octanol–water partition coefficient (Wildman–Crippen LogP) is 4.08. The van der Waals surface area contributed by atoms with Crippen LogP contribution in [0.25, 0.3) is 11.3 Å². The Balaban J connectivity index is 2.72. The fraction of sp³-hybridized carbons (Fsp3) is 0.200. The van der Waals surface area contributed by atoms with Crippen molar-refractivity contribution < 1.29 is 23.1 Å². The van der Waals surface area contributed by atoms with E-state index in [1.807, 2.05) is 0 Å². The molecule has 2 rings (SSSR count). The number of carboxylic acids is 1. The summed E-state index contributed by atoms with van der Waals surface area (Å²) in [6, 6.07) is 6.17. The number of hydrogen-bond acceptors (Lipinski definition) is 2. The molecule has 0 spiro atoms. The molecule has 0 amide bonds. The summed E-state index contributed by atoms with van der Waals surface area (Å²) in [6.07, 6.45) is -4.53. The van der Waals surface area contributed by atoms with Gasteiger partial charge in [0.2, 0.25) is 0 Å². The van der Waals surface area contributed by atoms with Gasteiger partial charge in [-0.1, -0.05) is 11.6 Å². The summed E-state index contributed by atoms with van der Waals surface area (Å²) in [5.74, 6) is -1.21. The summed E-state index contributed by atoms with van der Waals surface area (Å²) in [6.45, 7) is 3.20. The first-order valence-electron chi connectivity index (χ1n) is 6.08. The molecule has 6 heteroatoms. The van der Waals surface area contributed by atoms with Crippen molar-refractivity contribution in [2.75, 3.05) is 0 Å². The van der Waals surface area contributed by atoms with E-state index in [4.69, 9.17) is 5.11 Å². The Bertz CT molecular complexity index is 709. The standard InChI is InChI=1S/C15H12F3NO2/c1-8-3-4-12(15(16,17)18)11(5-8)13-7-10(14(20)21)6-9(2)19-13/h3-7H,1-2H3,(H,20,21). The number of rotatable bonds is 2. The van der Waals surface area contributed by atoms with Gasteiger partial charge in [0.15, 0.2) is 0 Å². The molecule has 21 heavy (non-hydrogen) atoms. The van der Waals surface area contributed by atoms with E-state index in [1.54, 1.807) is 13.8 Å². The topological polar surface area (TPSA) is 50.2 Å². The van der Waals surface area contributed by atoms with Gasteiger partial charge >= 0.3 is 12.1 Å². The third-order valence-corrected chi connectivity index (χ3v) is 2.96. The van der Waals surface area contributed by atoms with Crippen LogP contribution in [0.1, 0.15) is 27.2 Å². The number of carbonyl (C=O) groups is 1. The van der Waals surface area contributed by atoms with Crippen LogP contribution in [0.2, 0.25) is 0 Å². The van der Waals surface area contributed by atoms with Crippen molar-refractivity contribution in [3.05, 3.63) is 52.7 Å². The molecule has 1 heterocycles. The smallest absolute Gasteiger partial charge is 0.417 e. The summed E-state index contributed by atoms with van der Waals surface area (Å²) in [7, 11) is 0. The first-order valence-corrected chi connectivity index (χ1v) is 6.08. The molecule has 0 atom stereocenters. The van der Waals surface area contributed by atoms with E-state index in [9.17, 15) is 18.0 Å². The number of pyridine rings is 1. The van der Waals surface area contributed by atoms with E-state index < -0.39 is 17.7 Å². The molecule has 0 aliphatic carbocycles. The maximum atomic E-state index is 13.1. The lowest BCUT2D eigenvalue weighted by atomic mass is 9.99. The normalized spacial score (nSPS) is 11.5. The molecule has 110 valence electrons. The highest BCUT2D eigenvalue weighted by molar-refractivity contribution is 5.89. The lowest BCUT2D eigenvalue weighted by Gasteiger charge is -2.14. The number of aryl methyl sites for hydroxylation is 2. The average molecular weight is 295 g/mol. The maximum absolute atomic E-state index is 13.1. The molecule has 1 aromatic carbocycles. The Morgan fingerprint density at radius 1 is 1.14 bits per heavy atom. The van der Waals surface area contributed by atoms with Gasteiger partial charge in [0, 0.05) is 11.3 Å². The van der Waals surface area contributed by atoms with Crippen LogP contribution in [-0.2, 0) is 6.18 Å². The minimum absolute atomic E-state index is 0.00317. The average Bonchev–Trinajstić information content (AvgIpc) is 2.36. The Hall–Kier alpha value is -2.37. The van der Waals surface area contributed by atoms with E-state index in [0.717, 1.165) is 12.1 Å². The van der Waals surface area contributed by atoms with Gasteiger partial charge in [-0.05, 0) is 38.1 Å². The van der Waals surface area contributed by atoms with E-state index >= 15 is 0 Å². The number of aromatic nitrogens is 1. The lowest BCUT2D eigenvalue weighted by Crippen LogP contribution is -2.08. The van der Waals surface area contributed by atoms with Crippen molar-refractivity contribution in [2.45, 2.75) is 20.0 Å². The number of nitrogens with zero attached hydrogens (tertiary/aromatic N) is 1. The lowest BCUT2D eigenvalue weighted by molar-refractivity contribution is -0.137. The van der Waals surface area contributed by atoms with E-state index in [2.05, 4.69) is 4.98 Å². The van der Waals surface area contributed by atoms with Gasteiger partial charge in [-0.25, -0.2) is 4.79 Å². The second-order valence-electron chi connectivity index (χ2n) is 4.73. The number of alkyl halides is 3. The van der Waals surface area contributed by atoms with Crippen molar-refractivity contribution in [3.8, 4) is 11.3 Å². The highest BCUT2D eigenvalue weighted by Gasteiger charge is 2.34. The van der Waals surface area contributed by atoms with Crippen molar-refractivity contribution in [1.29, 1.82) is 0 Å². The van der Waals surface area contributed by atoms with Gasteiger partial charge in [0.05, 0.1) is 16.8 Å². The second kappa shape index (κ2) is 5.20. The number of hydrogen-bond donors (Lipinski definition) is 1. The van der Waals surface area contributed by atoms with Crippen LogP contribution in [-0.4, -0.2) is 16.1 Å². The quantitative estimate of drug-likeness (QED) is 0.908. The molecular formula is C15H12F3NO2. The molecule has 3 nitrogen and oxygen atoms in total. The molecule has 0 radical (unpaired) electrons. The maximum Gasteiger partial charge on any atom is 0.417 e. The van der Waals surface area contributed by atoms with Crippen LogP contribution in [0.4, 0.5) is 13.2 Å². The van der Waals surface area contributed by atoms with Crippen molar-refractivity contribution in [3.63, 3.8) is 0 Å². The number of carboxylic acid groups (broad SMARTS) is 1. The highest BCUT2D eigenvalue weighted by Crippen LogP contribution is 2.37. The molecule has 1 N–H and O–H groups in total. The van der Waals surface area contributed by atoms with E-state index in [1.165, 1.54) is 18.2 Å². The van der Waals surface area contributed by atoms with Crippen molar-refractivity contribution in [2.24, 2.45) is 0 Å². The van der Waals surface area contributed by atoms with Crippen LogP contribution in [0.3, 0.4) is 0 Å².